The summed E-state index contributed by atoms with van der Waals surface area (Å²) in [7, 11) is 0. The van der Waals surface area contributed by atoms with E-state index >= 15 is 0 Å². The number of thioether (sulfide) groups is 1. The van der Waals surface area contributed by atoms with Gasteiger partial charge in [-0.25, -0.2) is 0 Å². The number of thiocyanates is 1. The number of rotatable bonds is 4. The van der Waals surface area contributed by atoms with E-state index in [0.717, 1.165) is 29.1 Å². The Balaban J connectivity index is 1.87. The third-order valence-electron chi connectivity index (χ3n) is 3.27. The average Bonchev–Trinajstić information content (AvgIpc) is 2.91. The average molecular weight is 279 g/mol. The molecule has 98 valence electrons. The maximum absolute atomic E-state index is 8.80. The smallest absolute Gasteiger partial charge is 0.140 e. The molecule has 20 heavy (non-hydrogen) atoms. The number of benzene rings is 1. The predicted octanol–water partition coefficient (Wildman–Crippen LogP) is 3.69. The van der Waals surface area contributed by atoms with Crippen LogP contribution in [0.1, 0.15) is 11.3 Å². The summed E-state index contributed by atoms with van der Waals surface area (Å²) >= 11 is 1.18. The van der Waals surface area contributed by atoms with Gasteiger partial charge in [0.25, 0.3) is 0 Å². The first-order chi connectivity index (χ1) is 9.88. The zero-order valence-corrected chi connectivity index (χ0v) is 11.7. The Morgan fingerprint density at radius 3 is 2.75 bits per heavy atom. The standard InChI is InChI=1S/C16H13N3S/c17-12-20-16-9-8-15-14(18-10-11-19(15)16)7-6-13-4-2-1-3-5-13/h1-5,8-11H,6-7H2. The lowest BCUT2D eigenvalue weighted by Gasteiger charge is -2.05. The fourth-order valence-corrected chi connectivity index (χ4v) is 2.79. The molecule has 0 aliphatic rings. The van der Waals surface area contributed by atoms with Gasteiger partial charge in [0.1, 0.15) is 5.40 Å². The molecule has 0 radical (unpaired) electrons. The second-order valence-electron chi connectivity index (χ2n) is 4.48. The van der Waals surface area contributed by atoms with Crippen molar-refractivity contribution in [2.24, 2.45) is 0 Å². The fraction of sp³-hybridized carbons (Fsp3) is 0.125. The third-order valence-corrected chi connectivity index (χ3v) is 3.90. The SMILES string of the molecule is N#CSc1ccc2c(CCc3ccccc3)nccn12. The molecule has 0 amide bonds. The zero-order chi connectivity index (χ0) is 13.8. The highest BCUT2D eigenvalue weighted by molar-refractivity contribution is 8.03. The summed E-state index contributed by atoms with van der Waals surface area (Å²) in [5, 5.41) is 11.9. The summed E-state index contributed by atoms with van der Waals surface area (Å²) in [6.45, 7) is 0. The highest BCUT2D eigenvalue weighted by Crippen LogP contribution is 2.22. The molecule has 0 spiro atoms. The van der Waals surface area contributed by atoms with Crippen LogP contribution in [0.2, 0.25) is 0 Å². The van der Waals surface area contributed by atoms with Crippen molar-refractivity contribution in [3.05, 3.63) is 66.1 Å². The van der Waals surface area contributed by atoms with Crippen molar-refractivity contribution >= 4 is 17.3 Å². The number of hydrogen-bond acceptors (Lipinski definition) is 3. The van der Waals surface area contributed by atoms with E-state index in [1.165, 1.54) is 17.3 Å². The van der Waals surface area contributed by atoms with E-state index in [0.29, 0.717) is 0 Å². The van der Waals surface area contributed by atoms with Crippen LogP contribution in [0.15, 0.2) is 59.9 Å². The minimum atomic E-state index is 0.898. The Hall–Kier alpha value is -2.25. The Bertz CT molecular complexity index is 756. The van der Waals surface area contributed by atoms with Crippen molar-refractivity contribution in [1.82, 2.24) is 9.38 Å². The number of hydrogen-bond donors (Lipinski definition) is 0. The number of nitrogens with zero attached hydrogens (tertiary/aromatic N) is 3. The fourth-order valence-electron chi connectivity index (χ4n) is 2.30. The largest absolute Gasteiger partial charge is 0.307 e. The summed E-state index contributed by atoms with van der Waals surface area (Å²) in [5.41, 5.74) is 3.47. The highest BCUT2D eigenvalue weighted by atomic mass is 32.2. The van der Waals surface area contributed by atoms with Gasteiger partial charge >= 0.3 is 0 Å². The van der Waals surface area contributed by atoms with Gasteiger partial charge in [-0.1, -0.05) is 30.3 Å². The van der Waals surface area contributed by atoms with E-state index in [2.05, 4.69) is 34.7 Å². The van der Waals surface area contributed by atoms with Gasteiger partial charge in [0, 0.05) is 24.2 Å². The van der Waals surface area contributed by atoms with Gasteiger partial charge in [0.2, 0.25) is 0 Å². The van der Waals surface area contributed by atoms with Gasteiger partial charge < -0.3 is 4.40 Å². The van der Waals surface area contributed by atoms with E-state index in [4.69, 9.17) is 5.26 Å². The normalized spacial score (nSPS) is 10.6. The molecule has 0 saturated heterocycles. The highest BCUT2D eigenvalue weighted by Gasteiger charge is 2.07. The lowest BCUT2D eigenvalue weighted by atomic mass is 10.1. The topological polar surface area (TPSA) is 41.1 Å². The van der Waals surface area contributed by atoms with Crippen LogP contribution in [0.5, 0.6) is 0 Å². The molecule has 0 unspecified atom stereocenters. The molecule has 0 aliphatic carbocycles. The minimum Gasteiger partial charge on any atom is -0.307 e. The summed E-state index contributed by atoms with van der Waals surface area (Å²) in [5.74, 6) is 0. The molecule has 3 aromatic rings. The molecule has 0 fully saturated rings. The molecule has 0 bridgehead atoms. The van der Waals surface area contributed by atoms with Crippen molar-refractivity contribution in [3.63, 3.8) is 0 Å². The molecule has 1 aromatic carbocycles. The van der Waals surface area contributed by atoms with E-state index in [1.54, 1.807) is 6.20 Å². The van der Waals surface area contributed by atoms with Crippen LogP contribution in [-0.2, 0) is 12.8 Å². The first-order valence-corrected chi connectivity index (χ1v) is 7.25. The number of aromatic nitrogens is 2. The van der Waals surface area contributed by atoms with Crippen LogP contribution in [-0.4, -0.2) is 9.38 Å². The lowest BCUT2D eigenvalue weighted by molar-refractivity contribution is 0.896. The summed E-state index contributed by atoms with van der Waals surface area (Å²) in [6.07, 6.45) is 5.57. The van der Waals surface area contributed by atoms with E-state index in [1.807, 2.05) is 28.8 Å². The van der Waals surface area contributed by atoms with Gasteiger partial charge in [0.05, 0.1) is 16.2 Å². The quantitative estimate of drug-likeness (QED) is 0.540. The van der Waals surface area contributed by atoms with Crippen LogP contribution in [0.25, 0.3) is 5.52 Å². The lowest BCUT2D eigenvalue weighted by Crippen LogP contribution is -1.98. The Labute approximate surface area is 121 Å². The first-order valence-electron chi connectivity index (χ1n) is 6.43. The van der Waals surface area contributed by atoms with Crippen molar-refractivity contribution in [2.75, 3.05) is 0 Å². The number of aryl methyl sites for hydroxylation is 2. The maximum Gasteiger partial charge on any atom is 0.140 e. The molecule has 0 saturated carbocycles. The molecular weight excluding hydrogens is 266 g/mol. The molecular formula is C16H13N3S. The van der Waals surface area contributed by atoms with Crippen LogP contribution >= 0.6 is 11.8 Å². The molecule has 0 aliphatic heterocycles. The Morgan fingerprint density at radius 2 is 1.95 bits per heavy atom. The summed E-state index contributed by atoms with van der Waals surface area (Å²) in [6, 6.07) is 14.4. The summed E-state index contributed by atoms with van der Waals surface area (Å²) in [4.78, 5) is 4.48. The van der Waals surface area contributed by atoms with Crippen LogP contribution in [0.3, 0.4) is 0 Å². The molecule has 0 N–H and O–H groups in total. The molecule has 3 rings (SSSR count). The van der Waals surface area contributed by atoms with Crippen LogP contribution < -0.4 is 0 Å². The number of fused-ring (bicyclic) bond motifs is 1. The van der Waals surface area contributed by atoms with E-state index in [-0.39, 0.29) is 0 Å². The van der Waals surface area contributed by atoms with Crippen molar-refractivity contribution in [3.8, 4) is 5.40 Å². The van der Waals surface area contributed by atoms with Crippen LogP contribution in [0, 0.1) is 10.7 Å². The molecule has 0 atom stereocenters. The van der Waals surface area contributed by atoms with Crippen molar-refractivity contribution in [2.45, 2.75) is 17.9 Å². The van der Waals surface area contributed by atoms with Gasteiger partial charge in [-0.3, -0.25) is 4.98 Å². The monoisotopic (exact) mass is 279 g/mol. The van der Waals surface area contributed by atoms with E-state index < -0.39 is 0 Å². The molecule has 4 heteroatoms. The second-order valence-corrected chi connectivity index (χ2v) is 5.28. The molecule has 3 nitrogen and oxygen atoms in total. The van der Waals surface area contributed by atoms with E-state index in [9.17, 15) is 0 Å². The maximum atomic E-state index is 8.80. The van der Waals surface area contributed by atoms with Crippen molar-refractivity contribution in [1.29, 1.82) is 5.26 Å². The second kappa shape index (κ2) is 5.81. The van der Waals surface area contributed by atoms with Crippen molar-refractivity contribution < 1.29 is 0 Å². The molecule has 2 heterocycles. The first kappa shape index (κ1) is 12.8. The predicted molar refractivity (Wildman–Crippen MR) is 80.5 cm³/mol. The number of nitriles is 1. The van der Waals surface area contributed by atoms with Gasteiger partial charge in [-0.2, -0.15) is 5.26 Å². The molecule has 2 aromatic heterocycles. The van der Waals surface area contributed by atoms with Gasteiger partial charge in [0.15, 0.2) is 0 Å². The third kappa shape index (κ3) is 2.54. The zero-order valence-electron chi connectivity index (χ0n) is 10.9. The Kier molecular flexibility index (Phi) is 3.71. The van der Waals surface area contributed by atoms with Gasteiger partial charge in [-0.05, 0) is 30.5 Å². The Morgan fingerprint density at radius 1 is 1.10 bits per heavy atom. The van der Waals surface area contributed by atoms with Gasteiger partial charge in [-0.15, -0.1) is 0 Å². The minimum absolute atomic E-state index is 0.898. The van der Waals surface area contributed by atoms with Crippen LogP contribution in [0.4, 0.5) is 0 Å². The summed E-state index contributed by atoms with van der Waals surface area (Å²) < 4.78 is 2.03.